The van der Waals surface area contributed by atoms with Crippen LogP contribution in [0.5, 0.6) is 0 Å². The number of para-hydroxylation sites is 2. The van der Waals surface area contributed by atoms with Gasteiger partial charge in [-0.3, -0.25) is 14.5 Å². The maximum absolute atomic E-state index is 13.8. The molecule has 10 nitrogen and oxygen atoms in total. The van der Waals surface area contributed by atoms with Gasteiger partial charge in [0.25, 0.3) is 0 Å². The maximum Gasteiger partial charge on any atom is 0.339 e. The van der Waals surface area contributed by atoms with Crippen molar-refractivity contribution in [2.45, 2.75) is 19.6 Å². The molecule has 3 aromatic carbocycles. The fourth-order valence-corrected chi connectivity index (χ4v) is 5.46. The number of Topliss-reactive ketones (excluding diaryl/α,β-unsaturated/α-hetero) is 1. The second-order valence-electron chi connectivity index (χ2n) is 10.4. The summed E-state index contributed by atoms with van der Waals surface area (Å²) < 4.78 is 12.8. The number of esters is 1. The zero-order chi connectivity index (χ0) is 29.9. The molecule has 2 unspecified atom stereocenters. The van der Waals surface area contributed by atoms with Gasteiger partial charge in [0.15, 0.2) is 12.1 Å². The van der Waals surface area contributed by atoms with E-state index < -0.39 is 29.8 Å². The van der Waals surface area contributed by atoms with Crippen molar-refractivity contribution in [2.75, 3.05) is 31.6 Å². The molecule has 1 aromatic heterocycles. The van der Waals surface area contributed by atoms with Gasteiger partial charge in [0, 0.05) is 36.3 Å². The smallest absolute Gasteiger partial charge is 0.339 e. The van der Waals surface area contributed by atoms with Gasteiger partial charge in [-0.05, 0) is 48.9 Å². The summed E-state index contributed by atoms with van der Waals surface area (Å²) in [6.07, 6.45) is -0.0551. The Kier molecular flexibility index (Phi) is 7.83. The molecule has 1 N–H and O–H groups in total. The fourth-order valence-electron chi connectivity index (χ4n) is 5.46. The molecule has 0 saturated carbocycles. The predicted molar refractivity (Wildman–Crippen MR) is 158 cm³/mol. The summed E-state index contributed by atoms with van der Waals surface area (Å²) in [5.41, 5.74) is 4.47. The quantitative estimate of drug-likeness (QED) is 0.165. The molecule has 2 heterocycles. The van der Waals surface area contributed by atoms with Crippen LogP contribution in [0.2, 0.25) is 0 Å². The number of rotatable bonds is 8. The molecule has 216 valence electrons. The number of hydrogen-bond acceptors (Lipinski definition) is 8. The number of carbonyl (C=O) groups is 3. The average molecular weight is 576 g/mol. The van der Waals surface area contributed by atoms with Gasteiger partial charge in [-0.25, -0.2) is 9.48 Å². The molecule has 1 aliphatic carbocycles. The van der Waals surface area contributed by atoms with E-state index in [1.807, 2.05) is 49.4 Å². The molecule has 1 aliphatic heterocycles. The molecule has 0 radical (unpaired) electrons. The largest absolute Gasteiger partial charge is 0.443 e. The maximum atomic E-state index is 13.8. The minimum absolute atomic E-state index is 0.0508. The normalized spacial score (nSPS) is 15.4. The average Bonchev–Trinajstić information content (AvgIpc) is 3.60. The van der Waals surface area contributed by atoms with E-state index in [0.29, 0.717) is 60.9 Å². The van der Waals surface area contributed by atoms with E-state index in [4.69, 9.17) is 9.47 Å². The number of nitrogens with zero attached hydrogens (tertiary/aromatic N) is 4. The van der Waals surface area contributed by atoms with Gasteiger partial charge in [-0.2, -0.15) is 10.4 Å². The van der Waals surface area contributed by atoms with Gasteiger partial charge >= 0.3 is 5.97 Å². The summed E-state index contributed by atoms with van der Waals surface area (Å²) in [5, 5.41) is 17.2. The van der Waals surface area contributed by atoms with Gasteiger partial charge in [-0.1, -0.05) is 42.5 Å². The van der Waals surface area contributed by atoms with Crippen molar-refractivity contribution in [3.63, 3.8) is 0 Å². The topological polar surface area (TPSA) is 127 Å². The highest BCUT2D eigenvalue weighted by Crippen LogP contribution is 2.41. The Labute approximate surface area is 248 Å². The number of nitrogens with one attached hydrogen (secondary N) is 1. The number of hydrogen-bond donors (Lipinski definition) is 1. The molecule has 43 heavy (non-hydrogen) atoms. The van der Waals surface area contributed by atoms with Gasteiger partial charge in [0.05, 0.1) is 36.2 Å². The van der Waals surface area contributed by atoms with Crippen LogP contribution in [-0.2, 0) is 20.7 Å². The van der Waals surface area contributed by atoms with Crippen LogP contribution in [0.4, 0.5) is 5.69 Å². The van der Waals surface area contributed by atoms with Crippen molar-refractivity contribution in [3.05, 3.63) is 101 Å². The minimum atomic E-state index is -1.60. The second-order valence-corrected chi connectivity index (χ2v) is 10.4. The highest BCUT2D eigenvalue weighted by molar-refractivity contribution is 6.16. The first kappa shape index (κ1) is 28.0. The fraction of sp³-hybridized carbons (Fsp3) is 0.242. The molecule has 0 bridgehead atoms. The molecule has 2 atom stereocenters. The minimum Gasteiger partial charge on any atom is -0.443 e. The SMILES string of the molecule is CC(OC(=O)c1ccc2c(c1)-c1c(c(C(=O)C(C#N)C(=O)Nc3ccccc3)nn1-c1ccccc1)C2)N1CCOCC1. The lowest BCUT2D eigenvalue weighted by Gasteiger charge is -2.31. The van der Waals surface area contributed by atoms with Crippen molar-refractivity contribution in [1.29, 1.82) is 5.26 Å². The monoisotopic (exact) mass is 575 g/mol. The zero-order valence-electron chi connectivity index (χ0n) is 23.5. The van der Waals surface area contributed by atoms with Crippen LogP contribution in [0.15, 0.2) is 78.9 Å². The molecule has 4 aromatic rings. The Morgan fingerprint density at radius 1 is 1.00 bits per heavy atom. The summed E-state index contributed by atoms with van der Waals surface area (Å²) in [4.78, 5) is 42.0. The molecule has 6 rings (SSSR count). The van der Waals surface area contributed by atoms with Crippen LogP contribution in [-0.4, -0.2) is 64.9 Å². The summed E-state index contributed by atoms with van der Waals surface area (Å²) in [6.45, 7) is 4.39. The summed E-state index contributed by atoms with van der Waals surface area (Å²) >= 11 is 0. The first-order valence-electron chi connectivity index (χ1n) is 14.1. The van der Waals surface area contributed by atoms with Crippen LogP contribution in [0.1, 0.15) is 38.9 Å². The number of carbonyl (C=O) groups excluding carboxylic acids is 3. The molecule has 2 aliphatic rings. The second kappa shape index (κ2) is 12.0. The van der Waals surface area contributed by atoms with Crippen molar-refractivity contribution in [3.8, 4) is 23.0 Å². The van der Waals surface area contributed by atoms with E-state index in [1.54, 1.807) is 47.1 Å². The number of nitriles is 1. The van der Waals surface area contributed by atoms with Gasteiger partial charge in [0.1, 0.15) is 5.69 Å². The van der Waals surface area contributed by atoms with Gasteiger partial charge < -0.3 is 14.8 Å². The van der Waals surface area contributed by atoms with Crippen molar-refractivity contribution < 1.29 is 23.9 Å². The summed E-state index contributed by atoms with van der Waals surface area (Å²) in [6, 6.07) is 25.1. The van der Waals surface area contributed by atoms with Crippen LogP contribution >= 0.6 is 0 Å². The summed E-state index contributed by atoms with van der Waals surface area (Å²) in [5.74, 6) is -3.47. The Balaban J connectivity index is 1.34. The van der Waals surface area contributed by atoms with E-state index in [0.717, 1.165) is 11.1 Å². The molecule has 0 spiro atoms. The van der Waals surface area contributed by atoms with Gasteiger partial charge in [0.2, 0.25) is 11.7 Å². The number of amides is 1. The number of fused-ring (bicyclic) bond motifs is 3. The standard InChI is InChI=1S/C33H29N5O5/c1-21(37-14-16-42-17-15-37)43-33(41)23-13-12-22-18-27-29(31(39)28(20-34)32(40)35-24-8-4-2-5-9-24)36-38(30(27)26(22)19-23)25-10-6-3-7-11-25/h2-13,19,21,28H,14-18H2,1H3,(H,35,40). The van der Waals surface area contributed by atoms with E-state index in [2.05, 4.69) is 15.3 Å². The number of anilines is 1. The van der Waals surface area contributed by atoms with E-state index in [9.17, 15) is 19.6 Å². The molecular weight excluding hydrogens is 546 g/mol. The third-order valence-corrected chi connectivity index (χ3v) is 7.72. The highest BCUT2D eigenvalue weighted by atomic mass is 16.6. The predicted octanol–water partition coefficient (Wildman–Crippen LogP) is 4.24. The van der Waals surface area contributed by atoms with Crippen LogP contribution < -0.4 is 5.32 Å². The number of benzene rings is 3. The highest BCUT2D eigenvalue weighted by Gasteiger charge is 2.37. The summed E-state index contributed by atoms with van der Waals surface area (Å²) in [7, 11) is 0. The molecular formula is C33H29N5O5. The van der Waals surface area contributed by atoms with Crippen molar-refractivity contribution in [2.24, 2.45) is 5.92 Å². The Hall–Kier alpha value is -5.11. The first-order chi connectivity index (χ1) is 20.9. The lowest BCUT2D eigenvalue weighted by molar-refractivity contribution is -0.117. The molecule has 10 heteroatoms. The zero-order valence-corrected chi connectivity index (χ0v) is 23.5. The first-order valence-corrected chi connectivity index (χ1v) is 14.1. The van der Waals surface area contributed by atoms with E-state index in [1.165, 1.54) is 0 Å². The van der Waals surface area contributed by atoms with Crippen LogP contribution in [0.3, 0.4) is 0 Å². The third-order valence-electron chi connectivity index (χ3n) is 7.72. The van der Waals surface area contributed by atoms with E-state index in [-0.39, 0.29) is 5.69 Å². The lowest BCUT2D eigenvalue weighted by Crippen LogP contribution is -2.44. The van der Waals surface area contributed by atoms with Crippen molar-refractivity contribution in [1.82, 2.24) is 14.7 Å². The van der Waals surface area contributed by atoms with Crippen molar-refractivity contribution >= 4 is 23.3 Å². The lowest BCUT2D eigenvalue weighted by atomic mass is 9.98. The molecule has 1 saturated heterocycles. The Bertz CT molecular complexity index is 1720. The van der Waals surface area contributed by atoms with Crippen LogP contribution in [0.25, 0.3) is 16.9 Å². The van der Waals surface area contributed by atoms with Gasteiger partial charge in [-0.15, -0.1) is 0 Å². The number of ketones is 1. The van der Waals surface area contributed by atoms with E-state index >= 15 is 0 Å². The number of morpholine rings is 1. The van der Waals surface area contributed by atoms with Crippen LogP contribution in [0, 0.1) is 17.2 Å². The number of ether oxygens (including phenoxy) is 2. The molecule has 1 fully saturated rings. The Morgan fingerprint density at radius 2 is 1.70 bits per heavy atom. The third kappa shape index (κ3) is 5.56. The molecule has 1 amide bonds. The number of aromatic nitrogens is 2. The Morgan fingerprint density at radius 3 is 2.40 bits per heavy atom.